The maximum atomic E-state index is 13.0. The zero-order chi connectivity index (χ0) is 23.6. The minimum absolute atomic E-state index is 0.0836. The highest BCUT2D eigenvalue weighted by molar-refractivity contribution is 5.85. The Kier molecular flexibility index (Phi) is 9.11. The number of hydrogen-bond donors (Lipinski definition) is 1. The van der Waals surface area contributed by atoms with Crippen LogP contribution in [0.15, 0.2) is 60.7 Å². The fourth-order valence-corrected chi connectivity index (χ4v) is 4.89. The molecule has 0 unspecified atom stereocenters. The van der Waals surface area contributed by atoms with Crippen molar-refractivity contribution in [1.82, 2.24) is 10.2 Å². The van der Waals surface area contributed by atoms with Crippen molar-refractivity contribution in [3.05, 3.63) is 66.2 Å². The first-order valence-corrected chi connectivity index (χ1v) is 12.6. The molecule has 2 saturated heterocycles. The van der Waals surface area contributed by atoms with Crippen molar-refractivity contribution >= 4 is 17.4 Å². The Bertz CT molecular complexity index is 892. The van der Waals surface area contributed by atoms with Crippen LogP contribution < -0.4 is 10.2 Å². The summed E-state index contributed by atoms with van der Waals surface area (Å²) in [5.74, 6) is 0.683. The van der Waals surface area contributed by atoms with Crippen LogP contribution in [0.4, 0.5) is 5.69 Å². The van der Waals surface area contributed by atoms with Gasteiger partial charge in [-0.1, -0.05) is 48.5 Å². The fourth-order valence-electron chi connectivity index (χ4n) is 4.89. The third-order valence-corrected chi connectivity index (χ3v) is 7.10. The molecule has 6 heteroatoms. The van der Waals surface area contributed by atoms with Crippen LogP contribution in [0.2, 0.25) is 0 Å². The van der Waals surface area contributed by atoms with E-state index in [2.05, 4.69) is 27.2 Å². The highest BCUT2D eigenvalue weighted by atomic mass is 16.5. The molecule has 0 aliphatic carbocycles. The standard InChI is InChI=1S/C28H37N3O3/c32-27(24-13-19-34-20-14-24)22-31(26-9-5-2-6-10-26)18-17-30-15-11-25(12-16-30)28(33)29-21-23-7-3-1-4-8-23/h1-10,24-25H,11-22H2,(H,29,33). The molecule has 182 valence electrons. The lowest BCUT2D eigenvalue weighted by atomic mass is 9.94. The molecule has 34 heavy (non-hydrogen) atoms. The van der Waals surface area contributed by atoms with E-state index < -0.39 is 0 Å². The highest BCUT2D eigenvalue weighted by Gasteiger charge is 2.26. The zero-order valence-corrected chi connectivity index (χ0v) is 20.0. The van der Waals surface area contributed by atoms with Crippen molar-refractivity contribution in [2.45, 2.75) is 32.2 Å². The van der Waals surface area contributed by atoms with Gasteiger partial charge in [-0.2, -0.15) is 0 Å². The average molecular weight is 464 g/mol. The van der Waals surface area contributed by atoms with Gasteiger partial charge >= 0.3 is 0 Å². The van der Waals surface area contributed by atoms with Crippen LogP contribution in [-0.2, 0) is 20.9 Å². The molecule has 2 aliphatic heterocycles. The van der Waals surface area contributed by atoms with Crippen LogP contribution in [0.1, 0.15) is 31.2 Å². The van der Waals surface area contributed by atoms with E-state index in [1.54, 1.807) is 0 Å². The molecule has 0 atom stereocenters. The number of benzene rings is 2. The first-order chi connectivity index (χ1) is 16.7. The van der Waals surface area contributed by atoms with E-state index in [0.29, 0.717) is 32.1 Å². The molecule has 2 aromatic carbocycles. The van der Waals surface area contributed by atoms with Gasteiger partial charge in [0.15, 0.2) is 5.78 Å². The minimum atomic E-state index is 0.0836. The summed E-state index contributed by atoms with van der Waals surface area (Å²) in [6.07, 6.45) is 3.43. The molecule has 2 heterocycles. The van der Waals surface area contributed by atoms with E-state index in [9.17, 15) is 9.59 Å². The Hall–Kier alpha value is -2.70. The van der Waals surface area contributed by atoms with E-state index in [0.717, 1.165) is 63.1 Å². The van der Waals surface area contributed by atoms with Gasteiger partial charge in [-0.25, -0.2) is 0 Å². The van der Waals surface area contributed by atoms with Crippen LogP contribution in [0.3, 0.4) is 0 Å². The first kappa shape index (κ1) is 24.4. The second-order valence-corrected chi connectivity index (χ2v) is 9.43. The van der Waals surface area contributed by atoms with E-state index >= 15 is 0 Å². The summed E-state index contributed by atoms with van der Waals surface area (Å²) in [5, 5.41) is 3.10. The second kappa shape index (κ2) is 12.7. The van der Waals surface area contributed by atoms with Crippen LogP contribution in [-0.4, -0.2) is 62.5 Å². The summed E-state index contributed by atoms with van der Waals surface area (Å²) >= 11 is 0. The third kappa shape index (κ3) is 7.15. The van der Waals surface area contributed by atoms with E-state index in [-0.39, 0.29) is 17.7 Å². The highest BCUT2D eigenvalue weighted by Crippen LogP contribution is 2.21. The number of para-hydroxylation sites is 1. The molecule has 6 nitrogen and oxygen atoms in total. The number of Topliss-reactive ketones (excluding diaryl/α,β-unsaturated/α-hetero) is 1. The number of nitrogens with zero attached hydrogens (tertiary/aromatic N) is 2. The summed E-state index contributed by atoms with van der Waals surface area (Å²) in [7, 11) is 0. The fraction of sp³-hybridized carbons (Fsp3) is 0.500. The van der Waals surface area contributed by atoms with Crippen molar-refractivity contribution in [2.24, 2.45) is 11.8 Å². The number of hydrogen-bond acceptors (Lipinski definition) is 5. The van der Waals surface area contributed by atoms with Gasteiger partial charge in [0, 0.05) is 50.4 Å². The van der Waals surface area contributed by atoms with Crippen LogP contribution in [0.25, 0.3) is 0 Å². The molecule has 1 amide bonds. The van der Waals surface area contributed by atoms with Crippen molar-refractivity contribution < 1.29 is 14.3 Å². The molecule has 0 saturated carbocycles. The van der Waals surface area contributed by atoms with E-state index in [4.69, 9.17) is 4.74 Å². The van der Waals surface area contributed by atoms with Gasteiger partial charge in [-0.15, -0.1) is 0 Å². The van der Waals surface area contributed by atoms with Gasteiger partial charge in [-0.05, 0) is 56.5 Å². The summed E-state index contributed by atoms with van der Waals surface area (Å²) in [6, 6.07) is 20.3. The lowest BCUT2D eigenvalue weighted by Crippen LogP contribution is -2.44. The summed E-state index contributed by atoms with van der Waals surface area (Å²) in [6.45, 7) is 5.96. The maximum Gasteiger partial charge on any atom is 0.223 e. The molecular weight excluding hydrogens is 426 g/mol. The van der Waals surface area contributed by atoms with Gasteiger partial charge in [0.05, 0.1) is 6.54 Å². The Balaban J connectivity index is 1.24. The molecule has 4 rings (SSSR count). The van der Waals surface area contributed by atoms with E-state index in [1.807, 2.05) is 48.5 Å². The second-order valence-electron chi connectivity index (χ2n) is 9.43. The molecule has 1 N–H and O–H groups in total. The Morgan fingerprint density at radius 1 is 0.882 bits per heavy atom. The van der Waals surface area contributed by atoms with Gasteiger partial charge in [0.2, 0.25) is 5.91 Å². The number of ether oxygens (including phenoxy) is 1. The minimum Gasteiger partial charge on any atom is -0.381 e. The molecule has 2 aromatic rings. The topological polar surface area (TPSA) is 61.9 Å². The SMILES string of the molecule is O=C(CN(CCN1CCC(C(=O)NCc2ccccc2)CC1)c1ccccc1)C1CCOCC1. The monoisotopic (exact) mass is 463 g/mol. The van der Waals surface area contributed by atoms with E-state index in [1.165, 1.54) is 0 Å². The van der Waals surface area contributed by atoms with Gasteiger partial charge in [0.1, 0.15) is 0 Å². The number of likely N-dealkylation sites (tertiary alicyclic amines) is 1. The Labute approximate surface area is 203 Å². The molecule has 0 aromatic heterocycles. The number of anilines is 1. The van der Waals surface area contributed by atoms with Crippen molar-refractivity contribution in [2.75, 3.05) is 50.8 Å². The smallest absolute Gasteiger partial charge is 0.223 e. The molecule has 2 aliphatic rings. The largest absolute Gasteiger partial charge is 0.381 e. The zero-order valence-electron chi connectivity index (χ0n) is 20.0. The van der Waals surface area contributed by atoms with Crippen LogP contribution in [0, 0.1) is 11.8 Å². The predicted octanol–water partition coefficient (Wildman–Crippen LogP) is 3.52. The number of ketones is 1. The molecule has 2 fully saturated rings. The molecule has 0 radical (unpaired) electrons. The predicted molar refractivity (Wildman–Crippen MR) is 135 cm³/mol. The van der Waals surface area contributed by atoms with Gasteiger partial charge in [0.25, 0.3) is 0 Å². The average Bonchev–Trinajstić information content (AvgIpc) is 2.91. The number of rotatable bonds is 10. The quantitative estimate of drug-likeness (QED) is 0.584. The lowest BCUT2D eigenvalue weighted by molar-refractivity contribution is -0.126. The maximum absolute atomic E-state index is 13.0. The summed E-state index contributed by atoms with van der Waals surface area (Å²) in [5.41, 5.74) is 2.22. The van der Waals surface area contributed by atoms with Gasteiger partial charge in [-0.3, -0.25) is 9.59 Å². The molecule has 0 spiro atoms. The van der Waals surface area contributed by atoms with Crippen molar-refractivity contribution in [1.29, 1.82) is 0 Å². The normalized spacial score (nSPS) is 17.9. The number of nitrogens with one attached hydrogen (secondary N) is 1. The third-order valence-electron chi connectivity index (χ3n) is 7.10. The Morgan fingerprint density at radius 2 is 1.53 bits per heavy atom. The Morgan fingerprint density at radius 3 is 2.21 bits per heavy atom. The summed E-state index contributed by atoms with van der Waals surface area (Å²) < 4.78 is 5.43. The summed E-state index contributed by atoms with van der Waals surface area (Å²) in [4.78, 5) is 30.2. The van der Waals surface area contributed by atoms with Crippen molar-refractivity contribution in [3.63, 3.8) is 0 Å². The first-order valence-electron chi connectivity index (χ1n) is 12.6. The van der Waals surface area contributed by atoms with Crippen LogP contribution >= 0.6 is 0 Å². The van der Waals surface area contributed by atoms with Gasteiger partial charge < -0.3 is 19.9 Å². The molecule has 0 bridgehead atoms. The lowest BCUT2D eigenvalue weighted by Gasteiger charge is -2.34. The number of piperidine rings is 1. The molecular formula is C28H37N3O3. The van der Waals surface area contributed by atoms with Crippen molar-refractivity contribution in [3.8, 4) is 0 Å². The number of amides is 1. The number of carbonyl (C=O) groups excluding carboxylic acids is 2. The van der Waals surface area contributed by atoms with Crippen LogP contribution in [0.5, 0.6) is 0 Å². The number of carbonyl (C=O) groups is 2.